The number of likely N-dealkylation sites (tertiary alicyclic amines) is 1. The summed E-state index contributed by atoms with van der Waals surface area (Å²) in [6, 6.07) is 10.3. The molecule has 7 nitrogen and oxygen atoms in total. The zero-order valence-corrected chi connectivity index (χ0v) is 19.2. The molecule has 8 heteroatoms. The van der Waals surface area contributed by atoms with E-state index in [1.807, 2.05) is 31.2 Å². The van der Waals surface area contributed by atoms with Crippen LogP contribution in [0.1, 0.15) is 48.7 Å². The average molecular weight is 471 g/mol. The first-order valence-electron chi connectivity index (χ1n) is 11.1. The number of nitrogens with zero attached hydrogens (tertiary/aromatic N) is 2. The van der Waals surface area contributed by atoms with E-state index in [-0.39, 0.29) is 45.4 Å². The number of rotatable bonds is 7. The molecule has 0 spiro atoms. The van der Waals surface area contributed by atoms with Crippen LogP contribution in [0.25, 0.3) is 22.5 Å². The zero-order valence-electron chi connectivity index (χ0n) is 18.4. The number of hydrogen-bond donors (Lipinski definition) is 3. The molecule has 2 aromatic carbocycles. The van der Waals surface area contributed by atoms with Crippen LogP contribution in [0.15, 0.2) is 40.9 Å². The van der Waals surface area contributed by atoms with Crippen LogP contribution in [0, 0.1) is 0 Å². The van der Waals surface area contributed by atoms with Gasteiger partial charge in [0.1, 0.15) is 11.5 Å². The van der Waals surface area contributed by atoms with Crippen LogP contribution in [0.2, 0.25) is 5.02 Å². The van der Waals surface area contributed by atoms with Crippen LogP contribution < -0.4 is 0 Å². The highest BCUT2D eigenvalue weighted by Crippen LogP contribution is 2.43. The first-order valence-corrected chi connectivity index (χ1v) is 11.5. The Labute approximate surface area is 197 Å². The maximum Gasteiger partial charge on any atom is 0.185 e. The molecule has 3 aromatic rings. The molecule has 0 saturated carbocycles. The minimum absolute atomic E-state index is 0.0496. The number of phenols is 2. The van der Waals surface area contributed by atoms with Crippen LogP contribution in [-0.2, 0) is 6.54 Å². The van der Waals surface area contributed by atoms with Crippen LogP contribution in [0.4, 0.5) is 0 Å². The van der Waals surface area contributed by atoms with Crippen molar-refractivity contribution >= 4 is 17.4 Å². The summed E-state index contributed by atoms with van der Waals surface area (Å²) in [7, 11) is 0. The predicted molar refractivity (Wildman–Crippen MR) is 125 cm³/mol. The summed E-state index contributed by atoms with van der Waals surface area (Å²) in [5.41, 5.74) is 2.77. The van der Waals surface area contributed by atoms with Crippen molar-refractivity contribution in [1.29, 1.82) is 0 Å². The fourth-order valence-electron chi connectivity index (χ4n) is 4.12. The maximum atomic E-state index is 12.8. The Kier molecular flexibility index (Phi) is 7.02. The van der Waals surface area contributed by atoms with E-state index >= 15 is 0 Å². The van der Waals surface area contributed by atoms with Gasteiger partial charge in [0.15, 0.2) is 17.2 Å². The van der Waals surface area contributed by atoms with Crippen LogP contribution in [0.3, 0.4) is 0 Å². The van der Waals surface area contributed by atoms with Gasteiger partial charge in [-0.05, 0) is 36.5 Å². The summed E-state index contributed by atoms with van der Waals surface area (Å²) in [4.78, 5) is 15.1. The van der Waals surface area contributed by atoms with Crippen molar-refractivity contribution in [2.45, 2.75) is 45.3 Å². The second kappa shape index (κ2) is 9.95. The van der Waals surface area contributed by atoms with E-state index in [2.05, 4.69) is 10.1 Å². The Bertz CT molecular complexity index is 1130. The normalized spacial score (nSPS) is 15.1. The predicted octanol–water partition coefficient (Wildman–Crippen LogP) is 5.01. The third kappa shape index (κ3) is 5.05. The van der Waals surface area contributed by atoms with E-state index < -0.39 is 0 Å². The number of halogens is 1. The van der Waals surface area contributed by atoms with E-state index in [1.54, 1.807) is 0 Å². The van der Waals surface area contributed by atoms with Gasteiger partial charge in [0.2, 0.25) is 0 Å². The van der Waals surface area contributed by atoms with E-state index in [9.17, 15) is 20.1 Å². The molecule has 0 aliphatic carbocycles. The van der Waals surface area contributed by atoms with Crippen molar-refractivity contribution in [1.82, 2.24) is 10.1 Å². The number of aliphatic hydroxyl groups excluding tert-OH is 1. The van der Waals surface area contributed by atoms with Gasteiger partial charge >= 0.3 is 0 Å². The lowest BCUT2D eigenvalue weighted by Gasteiger charge is -2.29. The third-order valence-corrected chi connectivity index (χ3v) is 6.25. The quantitative estimate of drug-likeness (QED) is 0.416. The topological polar surface area (TPSA) is 107 Å². The molecule has 1 aliphatic rings. The fraction of sp³-hybridized carbons (Fsp3) is 0.360. The number of aromatic nitrogens is 1. The summed E-state index contributed by atoms with van der Waals surface area (Å²) in [6.45, 7) is 4.41. The zero-order chi connectivity index (χ0) is 23.5. The SMILES string of the molecule is CCCC(=O)c1noc(-c2cc(Cl)c(O)cc2O)c1-c1ccc(CN2CCC(O)CC2)cc1. The molecule has 0 unspecified atom stereocenters. The van der Waals surface area contributed by atoms with E-state index in [0.717, 1.165) is 49.7 Å². The second-order valence-electron chi connectivity index (χ2n) is 8.43. The molecule has 174 valence electrons. The largest absolute Gasteiger partial charge is 0.507 e. The number of carbonyl (C=O) groups excluding carboxylic acids is 1. The molecule has 0 atom stereocenters. The molecule has 3 N–H and O–H groups in total. The molecule has 1 aliphatic heterocycles. The van der Waals surface area contributed by atoms with Gasteiger partial charge < -0.3 is 19.8 Å². The highest BCUT2D eigenvalue weighted by atomic mass is 35.5. The monoisotopic (exact) mass is 470 g/mol. The van der Waals surface area contributed by atoms with Gasteiger partial charge in [0.25, 0.3) is 0 Å². The molecule has 0 bridgehead atoms. The molecule has 0 radical (unpaired) electrons. The van der Waals surface area contributed by atoms with Crippen molar-refractivity contribution < 1.29 is 24.6 Å². The van der Waals surface area contributed by atoms with Crippen molar-refractivity contribution in [2.75, 3.05) is 13.1 Å². The minimum atomic E-state index is -0.254. The summed E-state index contributed by atoms with van der Waals surface area (Å²) >= 11 is 6.07. The van der Waals surface area contributed by atoms with Crippen LogP contribution in [-0.4, -0.2) is 50.4 Å². The molecule has 4 rings (SSSR count). The summed E-state index contributed by atoms with van der Waals surface area (Å²) < 4.78 is 5.54. The molecule has 0 amide bonds. The van der Waals surface area contributed by atoms with Gasteiger partial charge in [0.05, 0.1) is 22.3 Å². The molecule has 1 saturated heterocycles. The lowest BCUT2D eigenvalue weighted by molar-refractivity contribution is 0.0792. The number of aromatic hydroxyl groups is 2. The van der Waals surface area contributed by atoms with Gasteiger partial charge in [-0.1, -0.05) is 47.9 Å². The Morgan fingerprint density at radius 3 is 2.52 bits per heavy atom. The third-order valence-electron chi connectivity index (χ3n) is 5.95. The Balaban J connectivity index is 1.70. The van der Waals surface area contributed by atoms with Gasteiger partial charge in [0, 0.05) is 32.1 Å². The first-order chi connectivity index (χ1) is 15.9. The Morgan fingerprint density at radius 1 is 1.15 bits per heavy atom. The lowest BCUT2D eigenvalue weighted by atomic mass is 9.95. The number of benzene rings is 2. The maximum absolute atomic E-state index is 12.8. The summed E-state index contributed by atoms with van der Waals surface area (Å²) in [5, 5.41) is 34.0. The number of hydrogen-bond acceptors (Lipinski definition) is 7. The van der Waals surface area contributed by atoms with Crippen molar-refractivity contribution in [2.24, 2.45) is 0 Å². The number of ketones is 1. The van der Waals surface area contributed by atoms with Gasteiger partial charge in [-0.2, -0.15) is 0 Å². The van der Waals surface area contributed by atoms with E-state index in [0.29, 0.717) is 18.4 Å². The smallest absolute Gasteiger partial charge is 0.185 e. The molecular formula is C25H27ClN2O5. The molecule has 1 fully saturated rings. The molecule has 1 aromatic heterocycles. The van der Waals surface area contributed by atoms with Crippen LogP contribution in [0.5, 0.6) is 11.5 Å². The number of phenolic OH excluding ortho intramolecular Hbond substituents is 2. The lowest BCUT2D eigenvalue weighted by Crippen LogP contribution is -2.35. The minimum Gasteiger partial charge on any atom is -0.507 e. The number of aliphatic hydroxyl groups is 1. The molecular weight excluding hydrogens is 444 g/mol. The van der Waals surface area contributed by atoms with E-state index in [4.69, 9.17) is 16.1 Å². The summed E-state index contributed by atoms with van der Waals surface area (Å²) in [6.07, 6.45) is 2.34. The van der Waals surface area contributed by atoms with E-state index in [1.165, 1.54) is 6.07 Å². The second-order valence-corrected chi connectivity index (χ2v) is 8.84. The number of Topliss-reactive ketones (excluding diaryl/α,β-unsaturated/α-hetero) is 1. The fourth-order valence-corrected chi connectivity index (χ4v) is 4.29. The summed E-state index contributed by atoms with van der Waals surface area (Å²) in [5.74, 6) is -0.419. The van der Waals surface area contributed by atoms with Crippen molar-refractivity contribution in [3.8, 4) is 33.9 Å². The van der Waals surface area contributed by atoms with Crippen LogP contribution >= 0.6 is 11.6 Å². The molecule has 33 heavy (non-hydrogen) atoms. The van der Waals surface area contributed by atoms with Gasteiger partial charge in [-0.3, -0.25) is 9.69 Å². The number of piperidine rings is 1. The Hall–Kier alpha value is -2.87. The number of carbonyl (C=O) groups is 1. The highest BCUT2D eigenvalue weighted by Gasteiger charge is 2.26. The first kappa shape index (κ1) is 23.3. The van der Waals surface area contributed by atoms with Gasteiger partial charge in [-0.25, -0.2) is 0 Å². The highest BCUT2D eigenvalue weighted by molar-refractivity contribution is 6.32. The van der Waals surface area contributed by atoms with Crippen molar-refractivity contribution in [3.05, 3.63) is 52.7 Å². The Morgan fingerprint density at radius 2 is 1.85 bits per heavy atom. The standard InChI is InChI=1S/C25H27ClN2O5/c1-2-3-20(30)24-23(25(33-27-24)18-12-19(26)22(32)13-21(18)31)16-6-4-15(5-7-16)14-28-10-8-17(29)9-11-28/h4-7,12-13,17,29,31-32H,2-3,8-11,14H2,1H3. The molecule has 2 heterocycles. The van der Waals surface area contributed by atoms with Gasteiger partial charge in [-0.15, -0.1) is 0 Å². The van der Waals surface area contributed by atoms with Crippen molar-refractivity contribution in [3.63, 3.8) is 0 Å². The average Bonchev–Trinajstić information content (AvgIpc) is 3.23.